The molecule has 0 amide bonds. The topological polar surface area (TPSA) is 88.2 Å². The number of benzene rings is 2. The van der Waals surface area contributed by atoms with Gasteiger partial charge in [0.15, 0.2) is 0 Å². The SMILES string of the molecule is CC(C)CSc1ccc(-c2nc(-c3ccc(CNCCC(=O)O)cc3)no2)cc1.Cl. The number of aromatic nitrogens is 2. The number of nitrogens with one attached hydrogen (secondary N) is 1. The van der Waals surface area contributed by atoms with Crippen LogP contribution in [0.2, 0.25) is 0 Å². The van der Waals surface area contributed by atoms with Crippen molar-refractivity contribution >= 4 is 30.1 Å². The van der Waals surface area contributed by atoms with Gasteiger partial charge in [0.1, 0.15) is 0 Å². The zero-order valence-corrected chi connectivity index (χ0v) is 18.6. The van der Waals surface area contributed by atoms with Crippen molar-refractivity contribution in [2.45, 2.75) is 31.7 Å². The molecule has 2 aromatic carbocycles. The van der Waals surface area contributed by atoms with Crippen LogP contribution in [0.3, 0.4) is 0 Å². The monoisotopic (exact) mass is 447 g/mol. The van der Waals surface area contributed by atoms with Crippen LogP contribution in [0.5, 0.6) is 0 Å². The number of nitrogens with zero attached hydrogens (tertiary/aromatic N) is 2. The largest absolute Gasteiger partial charge is 0.481 e. The number of rotatable bonds is 10. The second-order valence-corrected chi connectivity index (χ2v) is 8.26. The molecule has 1 aromatic heterocycles. The summed E-state index contributed by atoms with van der Waals surface area (Å²) in [6.07, 6.45) is 0.112. The van der Waals surface area contributed by atoms with Gasteiger partial charge in [-0.2, -0.15) is 4.98 Å². The lowest BCUT2D eigenvalue weighted by molar-refractivity contribution is -0.136. The van der Waals surface area contributed by atoms with E-state index >= 15 is 0 Å². The second kappa shape index (κ2) is 11.7. The molecule has 0 aliphatic heterocycles. The zero-order valence-electron chi connectivity index (χ0n) is 17.0. The summed E-state index contributed by atoms with van der Waals surface area (Å²) in [7, 11) is 0. The second-order valence-electron chi connectivity index (χ2n) is 7.17. The van der Waals surface area contributed by atoms with Gasteiger partial charge in [-0.15, -0.1) is 24.2 Å². The maximum Gasteiger partial charge on any atom is 0.304 e. The van der Waals surface area contributed by atoms with E-state index in [1.54, 1.807) is 0 Å². The third kappa shape index (κ3) is 7.16. The van der Waals surface area contributed by atoms with Crippen molar-refractivity contribution in [1.29, 1.82) is 0 Å². The first-order chi connectivity index (χ1) is 14.0. The summed E-state index contributed by atoms with van der Waals surface area (Å²) < 4.78 is 5.44. The highest BCUT2D eigenvalue weighted by atomic mass is 35.5. The minimum atomic E-state index is -0.801. The van der Waals surface area contributed by atoms with Gasteiger partial charge in [-0.05, 0) is 35.7 Å². The molecule has 0 radical (unpaired) electrons. The van der Waals surface area contributed by atoms with Crippen molar-refractivity contribution in [2.75, 3.05) is 12.3 Å². The van der Waals surface area contributed by atoms with E-state index < -0.39 is 5.97 Å². The van der Waals surface area contributed by atoms with Crippen molar-refractivity contribution in [3.8, 4) is 22.8 Å². The molecule has 1 heterocycles. The van der Waals surface area contributed by atoms with Gasteiger partial charge in [0.25, 0.3) is 5.89 Å². The van der Waals surface area contributed by atoms with Crippen molar-refractivity contribution in [1.82, 2.24) is 15.5 Å². The highest BCUT2D eigenvalue weighted by Gasteiger charge is 2.11. The van der Waals surface area contributed by atoms with Crippen LogP contribution in [-0.2, 0) is 11.3 Å². The van der Waals surface area contributed by atoms with Crippen LogP contribution in [0.4, 0.5) is 0 Å². The van der Waals surface area contributed by atoms with E-state index in [1.165, 1.54) is 4.90 Å². The molecular formula is C22H26ClN3O3S. The number of thioether (sulfide) groups is 1. The van der Waals surface area contributed by atoms with E-state index in [0.29, 0.717) is 30.7 Å². The number of carbonyl (C=O) groups is 1. The molecule has 8 heteroatoms. The summed E-state index contributed by atoms with van der Waals surface area (Å²) in [6, 6.07) is 16.0. The van der Waals surface area contributed by atoms with Gasteiger partial charge >= 0.3 is 5.97 Å². The number of halogens is 1. The van der Waals surface area contributed by atoms with E-state index in [-0.39, 0.29) is 18.8 Å². The van der Waals surface area contributed by atoms with Crippen molar-refractivity contribution in [3.05, 3.63) is 54.1 Å². The lowest BCUT2D eigenvalue weighted by Crippen LogP contribution is -2.17. The summed E-state index contributed by atoms with van der Waals surface area (Å²) >= 11 is 1.84. The predicted molar refractivity (Wildman–Crippen MR) is 122 cm³/mol. The van der Waals surface area contributed by atoms with E-state index in [1.807, 2.05) is 48.2 Å². The third-order valence-electron chi connectivity index (χ3n) is 4.17. The Morgan fingerprint density at radius 2 is 1.77 bits per heavy atom. The Balaban J connectivity index is 0.00000320. The number of hydrogen-bond donors (Lipinski definition) is 2. The lowest BCUT2D eigenvalue weighted by Gasteiger charge is -2.04. The molecule has 3 aromatic rings. The number of carboxylic acid groups (broad SMARTS) is 1. The van der Waals surface area contributed by atoms with Crippen LogP contribution in [0.1, 0.15) is 25.8 Å². The standard InChI is InChI=1S/C22H25N3O3S.ClH/c1-15(2)14-29-19-9-7-18(8-10-19)22-24-21(25-28-22)17-5-3-16(4-6-17)13-23-12-11-20(26)27;/h3-10,15,23H,11-14H2,1-2H3,(H,26,27);1H. The molecule has 30 heavy (non-hydrogen) atoms. The average molecular weight is 448 g/mol. The van der Waals surface area contributed by atoms with Crippen molar-refractivity contribution < 1.29 is 14.4 Å². The highest BCUT2D eigenvalue weighted by Crippen LogP contribution is 2.26. The fourth-order valence-electron chi connectivity index (χ4n) is 2.61. The van der Waals surface area contributed by atoms with Crippen LogP contribution in [0.15, 0.2) is 57.9 Å². The Hall–Kier alpha value is -2.35. The molecule has 0 spiro atoms. The molecule has 0 saturated carbocycles. The molecule has 6 nitrogen and oxygen atoms in total. The molecule has 0 aliphatic carbocycles. The third-order valence-corrected chi connectivity index (χ3v) is 5.61. The van der Waals surface area contributed by atoms with Gasteiger partial charge in [-0.3, -0.25) is 4.79 Å². The van der Waals surface area contributed by atoms with Gasteiger partial charge < -0.3 is 14.9 Å². The number of aliphatic carboxylic acids is 1. The first kappa shape index (κ1) is 23.9. The Kier molecular flexibility index (Phi) is 9.36. The first-order valence-electron chi connectivity index (χ1n) is 9.60. The maximum absolute atomic E-state index is 10.5. The Morgan fingerprint density at radius 1 is 1.10 bits per heavy atom. The van der Waals surface area contributed by atoms with Crippen LogP contribution in [0, 0.1) is 5.92 Å². The Morgan fingerprint density at radius 3 is 2.40 bits per heavy atom. The fraction of sp³-hybridized carbons (Fsp3) is 0.318. The zero-order chi connectivity index (χ0) is 20.6. The van der Waals surface area contributed by atoms with Gasteiger partial charge in [0.05, 0.1) is 6.42 Å². The van der Waals surface area contributed by atoms with Crippen LogP contribution < -0.4 is 5.32 Å². The number of carboxylic acids is 1. The number of hydrogen-bond acceptors (Lipinski definition) is 6. The van der Waals surface area contributed by atoms with E-state index in [2.05, 4.69) is 41.4 Å². The lowest BCUT2D eigenvalue weighted by atomic mass is 10.1. The first-order valence-corrected chi connectivity index (χ1v) is 10.6. The molecule has 0 bridgehead atoms. The molecule has 0 fully saturated rings. The summed E-state index contributed by atoms with van der Waals surface area (Å²) in [6.45, 7) is 5.49. The molecule has 160 valence electrons. The molecular weight excluding hydrogens is 422 g/mol. The molecule has 2 N–H and O–H groups in total. The van der Waals surface area contributed by atoms with Gasteiger partial charge in [0.2, 0.25) is 5.82 Å². The van der Waals surface area contributed by atoms with E-state index in [0.717, 1.165) is 22.4 Å². The highest BCUT2D eigenvalue weighted by molar-refractivity contribution is 7.99. The predicted octanol–water partition coefficient (Wildman–Crippen LogP) is 5.14. The van der Waals surface area contributed by atoms with Gasteiger partial charge in [0, 0.05) is 34.9 Å². The maximum atomic E-state index is 10.5. The minimum absolute atomic E-state index is 0. The van der Waals surface area contributed by atoms with E-state index in [4.69, 9.17) is 9.63 Å². The summed E-state index contributed by atoms with van der Waals surface area (Å²) in [5.74, 6) is 1.99. The van der Waals surface area contributed by atoms with Crippen molar-refractivity contribution in [2.24, 2.45) is 5.92 Å². The smallest absolute Gasteiger partial charge is 0.304 e. The molecule has 0 saturated heterocycles. The van der Waals surface area contributed by atoms with Crippen LogP contribution >= 0.6 is 24.2 Å². The minimum Gasteiger partial charge on any atom is -0.481 e. The average Bonchev–Trinajstić information content (AvgIpc) is 3.20. The Labute approximate surface area is 186 Å². The fourth-order valence-corrected chi connectivity index (χ4v) is 3.47. The summed E-state index contributed by atoms with van der Waals surface area (Å²) in [4.78, 5) is 16.3. The van der Waals surface area contributed by atoms with E-state index in [9.17, 15) is 4.79 Å². The quantitative estimate of drug-likeness (QED) is 0.328. The van der Waals surface area contributed by atoms with Gasteiger partial charge in [-0.25, -0.2) is 0 Å². The summed E-state index contributed by atoms with van der Waals surface area (Å²) in [5, 5.41) is 15.9. The van der Waals surface area contributed by atoms with Gasteiger partial charge in [-0.1, -0.05) is 43.3 Å². The van der Waals surface area contributed by atoms with Crippen LogP contribution in [0.25, 0.3) is 22.8 Å². The van der Waals surface area contributed by atoms with Crippen molar-refractivity contribution in [3.63, 3.8) is 0 Å². The molecule has 3 rings (SSSR count). The molecule has 0 aliphatic rings. The summed E-state index contributed by atoms with van der Waals surface area (Å²) in [5.41, 5.74) is 2.84. The molecule has 0 atom stereocenters. The normalized spacial score (nSPS) is 10.8. The molecule has 0 unspecified atom stereocenters. The van der Waals surface area contributed by atoms with Crippen LogP contribution in [-0.4, -0.2) is 33.5 Å². The Bertz CT molecular complexity index is 928.